The van der Waals surface area contributed by atoms with E-state index in [0.717, 1.165) is 19.3 Å². The molecule has 0 fully saturated rings. The minimum Gasteiger partial charge on any atom is -0.300 e. The lowest BCUT2D eigenvalue weighted by Gasteiger charge is -2.15. The Morgan fingerprint density at radius 1 is 0.929 bits per heavy atom. The molecule has 2 nitrogen and oxygen atoms in total. The van der Waals surface area contributed by atoms with E-state index in [9.17, 15) is 9.59 Å². The van der Waals surface area contributed by atoms with Gasteiger partial charge in [0.25, 0.3) is 0 Å². The smallest absolute Gasteiger partial charge is 0.136 e. The summed E-state index contributed by atoms with van der Waals surface area (Å²) in [6.07, 6.45) is 3.01. The zero-order valence-corrected chi connectivity index (χ0v) is 9.80. The number of ketones is 2. The van der Waals surface area contributed by atoms with E-state index in [0.29, 0.717) is 6.42 Å². The fraction of sp³-hybridized carbons (Fsp3) is 0.833. The van der Waals surface area contributed by atoms with E-state index in [1.807, 2.05) is 20.8 Å². The summed E-state index contributed by atoms with van der Waals surface area (Å²) in [4.78, 5) is 22.9. The largest absolute Gasteiger partial charge is 0.300 e. The van der Waals surface area contributed by atoms with Crippen LogP contribution in [0.5, 0.6) is 0 Å². The maximum atomic E-state index is 11.7. The predicted octanol–water partition coefficient (Wildman–Crippen LogP) is 3.00. The van der Waals surface area contributed by atoms with Gasteiger partial charge in [-0.15, -0.1) is 0 Å². The maximum Gasteiger partial charge on any atom is 0.136 e. The van der Waals surface area contributed by atoms with E-state index in [2.05, 4.69) is 0 Å². The second-order valence-corrected chi connectivity index (χ2v) is 3.90. The fourth-order valence-corrected chi connectivity index (χ4v) is 1.73. The van der Waals surface area contributed by atoms with Crippen LogP contribution < -0.4 is 0 Å². The lowest BCUT2D eigenvalue weighted by Crippen LogP contribution is -2.20. The highest BCUT2D eigenvalue weighted by atomic mass is 16.1. The molecule has 0 aliphatic carbocycles. The van der Waals surface area contributed by atoms with Gasteiger partial charge in [-0.05, 0) is 26.2 Å². The quantitative estimate of drug-likeness (QED) is 0.630. The van der Waals surface area contributed by atoms with E-state index in [4.69, 9.17) is 0 Å². The van der Waals surface area contributed by atoms with Gasteiger partial charge in [0, 0.05) is 18.3 Å². The van der Waals surface area contributed by atoms with Gasteiger partial charge in [-0.2, -0.15) is 0 Å². The third-order valence-corrected chi connectivity index (χ3v) is 2.96. The first kappa shape index (κ1) is 13.3. The van der Waals surface area contributed by atoms with E-state index in [1.165, 1.54) is 0 Å². The molecule has 0 aromatic carbocycles. The summed E-state index contributed by atoms with van der Waals surface area (Å²) in [5.41, 5.74) is 0. The Bertz CT molecular complexity index is 192. The summed E-state index contributed by atoms with van der Waals surface area (Å²) in [6, 6.07) is 0. The highest BCUT2D eigenvalue weighted by Crippen LogP contribution is 2.17. The van der Waals surface area contributed by atoms with Gasteiger partial charge < -0.3 is 0 Å². The van der Waals surface area contributed by atoms with Crippen LogP contribution in [0.15, 0.2) is 0 Å². The minimum absolute atomic E-state index is 0.0527. The summed E-state index contributed by atoms with van der Waals surface area (Å²) in [6.45, 7) is 7.60. The Morgan fingerprint density at radius 3 is 1.64 bits per heavy atom. The number of carbonyl (C=O) groups excluding carboxylic acids is 2. The molecule has 2 heteroatoms. The van der Waals surface area contributed by atoms with Crippen molar-refractivity contribution < 1.29 is 9.59 Å². The lowest BCUT2D eigenvalue weighted by atomic mass is 9.88. The van der Waals surface area contributed by atoms with Gasteiger partial charge in [0.2, 0.25) is 0 Å². The van der Waals surface area contributed by atoms with Gasteiger partial charge in [0.05, 0.1) is 0 Å². The molecule has 0 saturated heterocycles. The van der Waals surface area contributed by atoms with Crippen molar-refractivity contribution in [1.82, 2.24) is 0 Å². The number of carbonyl (C=O) groups is 2. The zero-order valence-electron chi connectivity index (χ0n) is 9.80. The molecule has 0 aliphatic rings. The number of rotatable bonds is 7. The first-order valence-corrected chi connectivity index (χ1v) is 5.59. The Labute approximate surface area is 87.1 Å². The molecule has 1 atom stereocenters. The second kappa shape index (κ2) is 6.74. The first-order chi connectivity index (χ1) is 6.56. The highest BCUT2D eigenvalue weighted by molar-refractivity contribution is 5.87. The molecule has 0 bridgehead atoms. The van der Waals surface area contributed by atoms with Crippen molar-refractivity contribution in [2.24, 2.45) is 11.8 Å². The van der Waals surface area contributed by atoms with Crippen LogP contribution in [0.25, 0.3) is 0 Å². The van der Waals surface area contributed by atoms with Gasteiger partial charge in [-0.1, -0.05) is 20.8 Å². The maximum absolute atomic E-state index is 11.7. The summed E-state index contributed by atoms with van der Waals surface area (Å²) in [7, 11) is 0. The van der Waals surface area contributed by atoms with Crippen LogP contribution in [0.1, 0.15) is 53.4 Å². The van der Waals surface area contributed by atoms with Gasteiger partial charge >= 0.3 is 0 Å². The molecule has 14 heavy (non-hydrogen) atoms. The Balaban J connectivity index is 4.20. The van der Waals surface area contributed by atoms with Crippen molar-refractivity contribution >= 4 is 11.6 Å². The molecule has 0 saturated carbocycles. The molecule has 1 unspecified atom stereocenters. The first-order valence-electron chi connectivity index (χ1n) is 5.59. The van der Waals surface area contributed by atoms with Gasteiger partial charge in [-0.3, -0.25) is 9.59 Å². The molecule has 0 aromatic rings. The Kier molecular flexibility index (Phi) is 6.43. The lowest BCUT2D eigenvalue weighted by molar-refractivity contribution is -0.129. The molecule has 0 radical (unpaired) electrons. The third kappa shape index (κ3) is 4.03. The third-order valence-electron chi connectivity index (χ3n) is 2.96. The van der Waals surface area contributed by atoms with Crippen molar-refractivity contribution in [2.45, 2.75) is 53.4 Å². The molecule has 82 valence electrons. The van der Waals surface area contributed by atoms with Crippen LogP contribution in [0, 0.1) is 11.8 Å². The van der Waals surface area contributed by atoms with E-state index < -0.39 is 0 Å². The molecular formula is C12H22O2. The summed E-state index contributed by atoms with van der Waals surface area (Å²) >= 11 is 0. The zero-order chi connectivity index (χ0) is 11.1. The number of hydrogen-bond acceptors (Lipinski definition) is 2. The van der Waals surface area contributed by atoms with Crippen LogP contribution in [-0.4, -0.2) is 11.6 Å². The highest BCUT2D eigenvalue weighted by Gasteiger charge is 2.20. The molecule has 0 N–H and O–H groups in total. The van der Waals surface area contributed by atoms with Gasteiger partial charge in [0.15, 0.2) is 0 Å². The van der Waals surface area contributed by atoms with Crippen LogP contribution in [-0.2, 0) is 9.59 Å². The van der Waals surface area contributed by atoms with Crippen LogP contribution >= 0.6 is 0 Å². The van der Waals surface area contributed by atoms with Crippen LogP contribution in [0.4, 0.5) is 0 Å². The Hall–Kier alpha value is -0.660. The van der Waals surface area contributed by atoms with Crippen molar-refractivity contribution in [3.8, 4) is 0 Å². The van der Waals surface area contributed by atoms with Gasteiger partial charge in [0.1, 0.15) is 11.6 Å². The average Bonchev–Trinajstić information content (AvgIpc) is 2.15. The Morgan fingerprint density at radius 2 is 1.36 bits per heavy atom. The second-order valence-electron chi connectivity index (χ2n) is 3.90. The molecule has 0 amide bonds. The summed E-state index contributed by atoms with van der Waals surface area (Å²) < 4.78 is 0. The minimum atomic E-state index is -0.0527. The van der Waals surface area contributed by atoms with Crippen LogP contribution in [0.3, 0.4) is 0 Å². The fourth-order valence-electron chi connectivity index (χ4n) is 1.73. The predicted molar refractivity (Wildman–Crippen MR) is 58.2 cm³/mol. The standard InChI is InChI=1S/C12H22O2/c1-5-10(6-2)12(14)8-11(7-3)9(4)13/h10-11H,5-8H2,1-4H3. The molecule has 0 aromatic heterocycles. The number of Topliss-reactive ketones (excluding diaryl/α,β-unsaturated/α-hetero) is 2. The molecule has 0 aliphatic heterocycles. The molecule has 0 spiro atoms. The topological polar surface area (TPSA) is 34.1 Å². The van der Waals surface area contributed by atoms with Crippen molar-refractivity contribution in [3.63, 3.8) is 0 Å². The molecular weight excluding hydrogens is 176 g/mol. The van der Waals surface area contributed by atoms with Crippen molar-refractivity contribution in [1.29, 1.82) is 0 Å². The van der Waals surface area contributed by atoms with Crippen LogP contribution in [0.2, 0.25) is 0 Å². The van der Waals surface area contributed by atoms with E-state index in [1.54, 1.807) is 6.92 Å². The summed E-state index contributed by atoms with van der Waals surface area (Å²) in [5.74, 6) is 0.510. The van der Waals surface area contributed by atoms with E-state index >= 15 is 0 Å². The molecule has 0 heterocycles. The SMILES string of the molecule is CCC(CC(=O)C(CC)CC)C(C)=O. The summed E-state index contributed by atoms with van der Waals surface area (Å²) in [5, 5.41) is 0. The monoisotopic (exact) mass is 198 g/mol. The van der Waals surface area contributed by atoms with E-state index in [-0.39, 0.29) is 23.4 Å². The normalized spacial score (nSPS) is 12.9. The van der Waals surface area contributed by atoms with Crippen molar-refractivity contribution in [2.75, 3.05) is 0 Å². The number of hydrogen-bond donors (Lipinski definition) is 0. The molecule has 0 rings (SSSR count). The van der Waals surface area contributed by atoms with Crippen molar-refractivity contribution in [3.05, 3.63) is 0 Å². The van der Waals surface area contributed by atoms with Gasteiger partial charge in [-0.25, -0.2) is 0 Å². The average molecular weight is 198 g/mol.